The van der Waals surface area contributed by atoms with Crippen LogP contribution in [0.4, 0.5) is 0 Å². The Balaban J connectivity index is 2.14. The van der Waals surface area contributed by atoms with Crippen LogP contribution in [0.3, 0.4) is 0 Å². The minimum Gasteiger partial charge on any atom is -0.293 e. The Morgan fingerprint density at radius 3 is 2.71 bits per heavy atom. The number of ketones is 1. The first-order valence-electron chi connectivity index (χ1n) is 4.06. The van der Waals surface area contributed by atoms with Crippen LogP contribution in [0.1, 0.15) is 14.5 Å². The van der Waals surface area contributed by atoms with Crippen molar-refractivity contribution < 1.29 is 4.79 Å². The lowest BCUT2D eigenvalue weighted by atomic mass is 10.2. The van der Waals surface area contributed by atoms with Gasteiger partial charge in [-0.15, -0.1) is 22.7 Å². The molecule has 0 saturated carbocycles. The van der Waals surface area contributed by atoms with E-state index in [4.69, 9.17) is 0 Å². The molecule has 0 saturated heterocycles. The fourth-order valence-electron chi connectivity index (χ4n) is 1.14. The summed E-state index contributed by atoms with van der Waals surface area (Å²) in [5.74, 6) is 0.189. The number of carbonyl (C=O) groups is 1. The first-order valence-corrected chi connectivity index (χ1v) is 6.61. The summed E-state index contributed by atoms with van der Waals surface area (Å²) in [6.45, 7) is 0. The van der Waals surface area contributed by atoms with Gasteiger partial charge in [-0.25, -0.2) is 0 Å². The Morgan fingerprint density at radius 1 is 1.29 bits per heavy atom. The maximum Gasteiger partial charge on any atom is 0.179 e. The molecular formula is C10H7BrOS2. The maximum absolute atomic E-state index is 11.8. The van der Waals surface area contributed by atoms with Crippen molar-refractivity contribution in [3.8, 4) is 0 Å². The molecule has 4 heteroatoms. The minimum atomic E-state index is 0.189. The topological polar surface area (TPSA) is 17.1 Å². The minimum absolute atomic E-state index is 0.189. The van der Waals surface area contributed by atoms with E-state index in [-0.39, 0.29) is 5.78 Å². The number of hydrogen-bond donors (Lipinski definition) is 0. The van der Waals surface area contributed by atoms with Crippen LogP contribution >= 0.6 is 38.6 Å². The quantitative estimate of drug-likeness (QED) is 0.780. The second kappa shape index (κ2) is 4.38. The summed E-state index contributed by atoms with van der Waals surface area (Å²) in [4.78, 5) is 13.7. The van der Waals surface area contributed by atoms with E-state index in [1.165, 1.54) is 11.3 Å². The van der Waals surface area contributed by atoms with E-state index in [0.717, 1.165) is 14.2 Å². The lowest BCUT2D eigenvalue weighted by Gasteiger charge is -1.95. The van der Waals surface area contributed by atoms with E-state index < -0.39 is 0 Å². The second-order valence-electron chi connectivity index (χ2n) is 2.78. The van der Waals surface area contributed by atoms with Crippen LogP contribution in [-0.4, -0.2) is 5.78 Å². The zero-order chi connectivity index (χ0) is 9.97. The van der Waals surface area contributed by atoms with Crippen molar-refractivity contribution in [3.63, 3.8) is 0 Å². The van der Waals surface area contributed by atoms with Gasteiger partial charge in [0.05, 0.1) is 4.88 Å². The number of halogens is 1. The third-order valence-electron chi connectivity index (χ3n) is 1.79. The lowest BCUT2D eigenvalue weighted by molar-refractivity contribution is 0.0997. The molecule has 0 N–H and O–H groups in total. The van der Waals surface area contributed by atoms with Gasteiger partial charge in [-0.05, 0) is 38.8 Å². The molecule has 0 aliphatic carbocycles. The zero-order valence-electron chi connectivity index (χ0n) is 7.20. The molecule has 0 aliphatic heterocycles. The molecule has 0 atom stereocenters. The molecule has 14 heavy (non-hydrogen) atoms. The Bertz CT molecular complexity index is 431. The second-order valence-corrected chi connectivity index (χ2v) is 5.58. The van der Waals surface area contributed by atoms with Gasteiger partial charge in [0.15, 0.2) is 5.78 Å². The molecule has 0 aromatic carbocycles. The van der Waals surface area contributed by atoms with Crippen molar-refractivity contribution in [2.45, 2.75) is 6.42 Å². The SMILES string of the molecule is O=C(Cc1cccs1)c1sccc1Br. The Kier molecular flexibility index (Phi) is 3.15. The Labute approximate surface area is 98.5 Å². The van der Waals surface area contributed by atoms with Crippen molar-refractivity contribution in [1.29, 1.82) is 0 Å². The predicted molar refractivity (Wildman–Crippen MR) is 64.4 cm³/mol. The first kappa shape index (κ1) is 10.1. The smallest absolute Gasteiger partial charge is 0.179 e. The van der Waals surface area contributed by atoms with Crippen LogP contribution in [0.25, 0.3) is 0 Å². The molecule has 0 bridgehead atoms. The van der Waals surface area contributed by atoms with Gasteiger partial charge in [0.25, 0.3) is 0 Å². The summed E-state index contributed by atoms with van der Waals surface area (Å²) in [6, 6.07) is 5.87. The molecule has 72 valence electrons. The van der Waals surface area contributed by atoms with Gasteiger partial charge in [0, 0.05) is 15.8 Å². The average Bonchev–Trinajstić information content (AvgIpc) is 2.75. The predicted octanol–water partition coefficient (Wildman–Crippen LogP) is 4.00. The molecular weight excluding hydrogens is 280 g/mol. The van der Waals surface area contributed by atoms with Crippen LogP contribution in [0, 0.1) is 0 Å². The van der Waals surface area contributed by atoms with Gasteiger partial charge < -0.3 is 0 Å². The van der Waals surface area contributed by atoms with Crippen LogP contribution in [0.15, 0.2) is 33.4 Å². The third-order valence-corrected chi connectivity index (χ3v) is 4.54. The van der Waals surface area contributed by atoms with Gasteiger partial charge >= 0.3 is 0 Å². The molecule has 0 amide bonds. The number of rotatable bonds is 3. The van der Waals surface area contributed by atoms with Crippen LogP contribution < -0.4 is 0 Å². The van der Waals surface area contributed by atoms with E-state index in [2.05, 4.69) is 15.9 Å². The van der Waals surface area contributed by atoms with E-state index in [1.54, 1.807) is 11.3 Å². The van der Waals surface area contributed by atoms with Crippen LogP contribution in [0.2, 0.25) is 0 Å². The normalized spacial score (nSPS) is 10.4. The van der Waals surface area contributed by atoms with E-state index >= 15 is 0 Å². The van der Waals surface area contributed by atoms with Crippen molar-refractivity contribution in [2.24, 2.45) is 0 Å². The largest absolute Gasteiger partial charge is 0.293 e. The number of hydrogen-bond acceptors (Lipinski definition) is 3. The number of thiophene rings is 2. The molecule has 0 radical (unpaired) electrons. The number of carbonyl (C=O) groups excluding carboxylic acids is 1. The molecule has 0 unspecified atom stereocenters. The molecule has 2 aromatic heterocycles. The van der Waals surface area contributed by atoms with Gasteiger partial charge in [0.1, 0.15) is 0 Å². The fraction of sp³-hybridized carbons (Fsp3) is 0.100. The molecule has 2 heterocycles. The Morgan fingerprint density at radius 2 is 2.14 bits per heavy atom. The summed E-state index contributed by atoms with van der Waals surface area (Å²) < 4.78 is 0.907. The van der Waals surface area contributed by atoms with Gasteiger partial charge in [-0.1, -0.05) is 6.07 Å². The van der Waals surface area contributed by atoms with Crippen LogP contribution in [0.5, 0.6) is 0 Å². The highest BCUT2D eigenvalue weighted by molar-refractivity contribution is 9.10. The monoisotopic (exact) mass is 286 g/mol. The van der Waals surface area contributed by atoms with Crippen molar-refractivity contribution in [3.05, 3.63) is 43.2 Å². The molecule has 1 nitrogen and oxygen atoms in total. The summed E-state index contributed by atoms with van der Waals surface area (Å²) in [5, 5.41) is 3.91. The van der Waals surface area contributed by atoms with E-state index in [9.17, 15) is 4.79 Å². The maximum atomic E-state index is 11.8. The molecule has 2 rings (SSSR count). The number of Topliss-reactive ketones (excluding diaryl/α,β-unsaturated/α-hetero) is 1. The molecule has 0 aliphatic rings. The highest BCUT2D eigenvalue weighted by atomic mass is 79.9. The summed E-state index contributed by atoms with van der Waals surface area (Å²) in [6.07, 6.45) is 0.511. The Hall–Kier alpha value is -0.450. The lowest BCUT2D eigenvalue weighted by Crippen LogP contribution is -1.99. The summed E-state index contributed by atoms with van der Waals surface area (Å²) in [7, 11) is 0. The van der Waals surface area contributed by atoms with Crippen molar-refractivity contribution in [1.82, 2.24) is 0 Å². The molecule has 0 fully saturated rings. The molecule has 0 spiro atoms. The zero-order valence-corrected chi connectivity index (χ0v) is 10.4. The highest BCUT2D eigenvalue weighted by Gasteiger charge is 2.12. The van der Waals surface area contributed by atoms with Crippen molar-refractivity contribution >= 4 is 44.4 Å². The van der Waals surface area contributed by atoms with E-state index in [1.807, 2.05) is 29.0 Å². The third kappa shape index (κ3) is 2.13. The first-order chi connectivity index (χ1) is 6.77. The van der Waals surface area contributed by atoms with Crippen LogP contribution in [-0.2, 0) is 6.42 Å². The van der Waals surface area contributed by atoms with Crippen molar-refractivity contribution in [2.75, 3.05) is 0 Å². The standard InChI is InChI=1S/C10H7BrOS2/c11-8-3-5-14-10(8)9(12)6-7-2-1-4-13-7/h1-5H,6H2. The fourth-order valence-corrected chi connectivity index (χ4v) is 3.38. The molecule has 2 aromatic rings. The summed E-state index contributed by atoms with van der Waals surface area (Å²) in [5.41, 5.74) is 0. The average molecular weight is 287 g/mol. The van der Waals surface area contributed by atoms with Gasteiger partial charge in [0.2, 0.25) is 0 Å². The van der Waals surface area contributed by atoms with E-state index in [0.29, 0.717) is 6.42 Å². The van der Waals surface area contributed by atoms with Gasteiger partial charge in [-0.3, -0.25) is 4.79 Å². The highest BCUT2D eigenvalue weighted by Crippen LogP contribution is 2.24. The van der Waals surface area contributed by atoms with Gasteiger partial charge in [-0.2, -0.15) is 0 Å². The summed E-state index contributed by atoms with van der Waals surface area (Å²) >= 11 is 6.47.